The summed E-state index contributed by atoms with van der Waals surface area (Å²) < 4.78 is 0. The summed E-state index contributed by atoms with van der Waals surface area (Å²) in [5.41, 5.74) is 0.401. The van der Waals surface area contributed by atoms with Crippen molar-refractivity contribution in [3.63, 3.8) is 0 Å². The van der Waals surface area contributed by atoms with Gasteiger partial charge in [0.25, 0.3) is 0 Å². The van der Waals surface area contributed by atoms with Crippen LogP contribution in [0.4, 0.5) is 0 Å². The van der Waals surface area contributed by atoms with Crippen LogP contribution in [0.3, 0.4) is 0 Å². The van der Waals surface area contributed by atoms with E-state index in [-0.39, 0.29) is 11.3 Å². The van der Waals surface area contributed by atoms with Crippen molar-refractivity contribution >= 4 is 11.9 Å². The van der Waals surface area contributed by atoms with E-state index in [1.165, 1.54) is 5.57 Å². The first kappa shape index (κ1) is 13.1. The van der Waals surface area contributed by atoms with Gasteiger partial charge in [0.15, 0.2) is 0 Å². The quantitative estimate of drug-likeness (QED) is 0.603. The normalized spacial score (nSPS) is 22.4. The highest BCUT2D eigenvalue weighted by Gasteiger charge is 2.58. The van der Waals surface area contributed by atoms with E-state index < -0.39 is 11.4 Å². The third-order valence-electron chi connectivity index (χ3n) is 4.03. The summed E-state index contributed by atoms with van der Waals surface area (Å²) in [6, 6.07) is 0. The fraction of sp³-hybridized carbons (Fsp3) is 0.714. The van der Waals surface area contributed by atoms with Crippen LogP contribution in [0.1, 0.15) is 40.0 Å². The molecule has 1 N–H and O–H groups in total. The molecule has 0 spiro atoms. The molecule has 18 heavy (non-hydrogen) atoms. The number of carbonyl (C=O) groups excluding carboxylic acids is 1. The molecular formula is C14H21NO3. The van der Waals surface area contributed by atoms with Gasteiger partial charge in [-0.2, -0.15) is 0 Å². The maximum Gasteiger partial charge on any atom is 0.319 e. The topological polar surface area (TPSA) is 57.6 Å². The molecule has 2 rings (SSSR count). The molecule has 1 aliphatic carbocycles. The van der Waals surface area contributed by atoms with E-state index in [1.54, 1.807) is 4.90 Å². The van der Waals surface area contributed by atoms with E-state index in [4.69, 9.17) is 5.11 Å². The van der Waals surface area contributed by atoms with Gasteiger partial charge < -0.3 is 10.0 Å². The summed E-state index contributed by atoms with van der Waals surface area (Å²) in [5.74, 6) is -1.16. The lowest BCUT2D eigenvalue weighted by Crippen LogP contribution is -2.43. The Kier molecular flexibility index (Phi) is 2.99. The Morgan fingerprint density at radius 2 is 1.94 bits per heavy atom. The average Bonchev–Trinajstić information content (AvgIpc) is 3.08. The SMILES string of the molecule is CC(C)(C)C1=CCN(C(=O)C2(C(=O)O)CC2)CC1. The molecule has 1 saturated carbocycles. The van der Waals surface area contributed by atoms with Crippen molar-refractivity contribution in [1.82, 2.24) is 4.90 Å². The maximum atomic E-state index is 12.2. The summed E-state index contributed by atoms with van der Waals surface area (Å²) in [5, 5.41) is 9.12. The van der Waals surface area contributed by atoms with Gasteiger partial charge >= 0.3 is 5.97 Å². The lowest BCUT2D eigenvalue weighted by molar-refractivity contribution is -0.153. The number of hydrogen-bond acceptors (Lipinski definition) is 2. The smallest absolute Gasteiger partial charge is 0.319 e. The minimum absolute atomic E-state index is 0.138. The highest BCUT2D eigenvalue weighted by Crippen LogP contribution is 2.48. The second kappa shape index (κ2) is 4.11. The highest BCUT2D eigenvalue weighted by molar-refractivity contribution is 6.04. The third-order valence-corrected chi connectivity index (χ3v) is 4.03. The van der Waals surface area contributed by atoms with E-state index in [9.17, 15) is 9.59 Å². The summed E-state index contributed by atoms with van der Waals surface area (Å²) in [6.07, 6.45) is 3.92. The van der Waals surface area contributed by atoms with E-state index in [0.717, 1.165) is 6.42 Å². The van der Waals surface area contributed by atoms with Crippen LogP contribution < -0.4 is 0 Å². The standard InChI is InChI=1S/C14H21NO3/c1-13(2,3)10-4-8-15(9-5-10)11(16)14(6-7-14)12(17)18/h4H,5-9H2,1-3H3,(H,17,18). The Balaban J connectivity index is 2.05. The van der Waals surface area contributed by atoms with Gasteiger partial charge in [-0.3, -0.25) is 9.59 Å². The zero-order valence-electron chi connectivity index (χ0n) is 11.3. The first-order chi connectivity index (χ1) is 8.27. The fourth-order valence-electron chi connectivity index (χ4n) is 2.48. The molecule has 4 nitrogen and oxygen atoms in total. The maximum absolute atomic E-state index is 12.2. The van der Waals surface area contributed by atoms with Crippen LogP contribution >= 0.6 is 0 Å². The number of aliphatic carboxylic acids is 1. The first-order valence-electron chi connectivity index (χ1n) is 6.50. The summed E-state index contributed by atoms with van der Waals surface area (Å²) in [6.45, 7) is 7.69. The Labute approximate surface area is 108 Å². The number of hydrogen-bond donors (Lipinski definition) is 1. The van der Waals surface area contributed by atoms with Crippen LogP contribution in [0.2, 0.25) is 0 Å². The molecule has 1 heterocycles. The van der Waals surface area contributed by atoms with Crippen molar-refractivity contribution in [3.8, 4) is 0 Å². The van der Waals surface area contributed by atoms with Crippen LogP contribution in [-0.4, -0.2) is 35.0 Å². The second-order valence-corrected chi connectivity index (χ2v) is 6.37. The molecule has 0 aromatic heterocycles. The molecule has 100 valence electrons. The number of nitrogens with zero attached hydrogens (tertiary/aromatic N) is 1. The van der Waals surface area contributed by atoms with Crippen molar-refractivity contribution in [2.45, 2.75) is 40.0 Å². The van der Waals surface area contributed by atoms with E-state index in [2.05, 4.69) is 26.8 Å². The highest BCUT2D eigenvalue weighted by atomic mass is 16.4. The molecule has 0 saturated heterocycles. The minimum Gasteiger partial charge on any atom is -0.480 e. The molecule has 1 fully saturated rings. The van der Waals surface area contributed by atoms with Crippen molar-refractivity contribution in [2.75, 3.05) is 13.1 Å². The molecule has 0 aromatic rings. The van der Waals surface area contributed by atoms with Gasteiger partial charge in [-0.25, -0.2) is 0 Å². The van der Waals surface area contributed by atoms with Gasteiger partial charge in [-0.15, -0.1) is 0 Å². The van der Waals surface area contributed by atoms with Gasteiger partial charge in [0.1, 0.15) is 5.41 Å². The van der Waals surface area contributed by atoms with Crippen molar-refractivity contribution in [1.29, 1.82) is 0 Å². The van der Waals surface area contributed by atoms with Crippen LogP contribution in [0, 0.1) is 10.8 Å². The largest absolute Gasteiger partial charge is 0.480 e. The van der Waals surface area contributed by atoms with E-state index >= 15 is 0 Å². The van der Waals surface area contributed by atoms with Gasteiger partial charge in [0.2, 0.25) is 5.91 Å². The predicted molar refractivity (Wildman–Crippen MR) is 68.0 cm³/mol. The van der Waals surface area contributed by atoms with Crippen LogP contribution in [0.5, 0.6) is 0 Å². The summed E-state index contributed by atoms with van der Waals surface area (Å²) >= 11 is 0. The van der Waals surface area contributed by atoms with Gasteiger partial charge in [0, 0.05) is 13.1 Å². The molecule has 1 aliphatic heterocycles. The monoisotopic (exact) mass is 251 g/mol. The Bertz CT molecular complexity index is 413. The molecule has 4 heteroatoms. The van der Waals surface area contributed by atoms with Crippen molar-refractivity contribution < 1.29 is 14.7 Å². The zero-order valence-corrected chi connectivity index (χ0v) is 11.3. The number of rotatable bonds is 2. The first-order valence-corrected chi connectivity index (χ1v) is 6.50. The average molecular weight is 251 g/mol. The number of carbonyl (C=O) groups is 2. The van der Waals surface area contributed by atoms with E-state index in [1.807, 2.05) is 0 Å². The van der Waals surface area contributed by atoms with Crippen LogP contribution in [0.15, 0.2) is 11.6 Å². The van der Waals surface area contributed by atoms with Crippen molar-refractivity contribution in [2.24, 2.45) is 10.8 Å². The molecule has 0 radical (unpaired) electrons. The number of carboxylic acids is 1. The third kappa shape index (κ3) is 2.16. The number of carboxylic acid groups (broad SMARTS) is 1. The van der Waals surface area contributed by atoms with Gasteiger partial charge in [-0.05, 0) is 24.7 Å². The Morgan fingerprint density at radius 1 is 1.33 bits per heavy atom. The number of amides is 1. The summed E-state index contributed by atoms with van der Waals surface area (Å²) in [4.78, 5) is 25.0. The lowest BCUT2D eigenvalue weighted by Gasteiger charge is -2.33. The van der Waals surface area contributed by atoms with Crippen molar-refractivity contribution in [3.05, 3.63) is 11.6 Å². The van der Waals surface area contributed by atoms with Gasteiger partial charge in [-0.1, -0.05) is 32.4 Å². The molecular weight excluding hydrogens is 230 g/mol. The fourth-order valence-corrected chi connectivity index (χ4v) is 2.48. The Hall–Kier alpha value is -1.32. The Morgan fingerprint density at radius 3 is 2.28 bits per heavy atom. The predicted octanol–water partition coefficient (Wildman–Crippen LogP) is 2.06. The molecule has 0 atom stereocenters. The van der Waals surface area contributed by atoms with Crippen LogP contribution in [0.25, 0.3) is 0 Å². The minimum atomic E-state index is -1.09. The molecule has 0 aromatic carbocycles. The van der Waals surface area contributed by atoms with E-state index in [0.29, 0.717) is 25.9 Å². The molecule has 1 amide bonds. The second-order valence-electron chi connectivity index (χ2n) is 6.37. The lowest BCUT2D eigenvalue weighted by atomic mass is 9.83. The van der Waals surface area contributed by atoms with Gasteiger partial charge in [0.05, 0.1) is 0 Å². The summed E-state index contributed by atoms with van der Waals surface area (Å²) in [7, 11) is 0. The molecule has 0 unspecified atom stereocenters. The molecule has 2 aliphatic rings. The zero-order chi connectivity index (χ0) is 13.6. The van der Waals surface area contributed by atoms with Crippen LogP contribution in [-0.2, 0) is 9.59 Å². The molecule has 0 bridgehead atoms.